The van der Waals surface area contributed by atoms with Crippen molar-refractivity contribution in [3.63, 3.8) is 0 Å². The number of aliphatic hydroxyl groups is 1. The molecule has 1 fully saturated rings. The van der Waals surface area contributed by atoms with Crippen molar-refractivity contribution in [2.24, 2.45) is 0 Å². The number of carbonyl (C=O) groups excluding carboxylic acids is 1. The zero-order chi connectivity index (χ0) is 15.3. The average molecular weight is 287 g/mol. The summed E-state index contributed by atoms with van der Waals surface area (Å²) in [6.07, 6.45) is 0.410. The number of ether oxygens (including phenoxy) is 1. The summed E-state index contributed by atoms with van der Waals surface area (Å²) in [4.78, 5) is 14.5. The van der Waals surface area contributed by atoms with Crippen molar-refractivity contribution in [1.82, 2.24) is 4.90 Å². The summed E-state index contributed by atoms with van der Waals surface area (Å²) < 4.78 is 5.64. The molecule has 1 aliphatic heterocycles. The van der Waals surface area contributed by atoms with Crippen molar-refractivity contribution >= 4 is 5.91 Å². The van der Waals surface area contributed by atoms with E-state index in [1.54, 1.807) is 6.07 Å². The minimum Gasteiger partial charge on any atom is -0.395 e. The molecule has 0 unspecified atom stereocenters. The van der Waals surface area contributed by atoms with Crippen LogP contribution in [0.15, 0.2) is 24.3 Å². The lowest BCUT2D eigenvalue weighted by Crippen LogP contribution is -2.50. The molecule has 1 aliphatic rings. The first-order chi connectivity index (χ1) is 10.0. The summed E-state index contributed by atoms with van der Waals surface area (Å²) in [5.41, 5.74) is 1.01. The number of hydrogen-bond acceptors (Lipinski definition) is 3. The predicted molar refractivity (Wildman–Crippen MR) is 81.0 cm³/mol. The van der Waals surface area contributed by atoms with Crippen LogP contribution in [0.1, 0.15) is 36.2 Å². The van der Waals surface area contributed by atoms with E-state index in [9.17, 15) is 4.79 Å². The van der Waals surface area contributed by atoms with Gasteiger partial charge in [-0.2, -0.15) is 0 Å². The number of amides is 1. The van der Waals surface area contributed by atoms with Gasteiger partial charge in [0.05, 0.1) is 24.4 Å². The summed E-state index contributed by atoms with van der Waals surface area (Å²) in [7, 11) is 0. The highest BCUT2D eigenvalue weighted by atomic mass is 16.5. The first-order valence-electron chi connectivity index (χ1n) is 7.15. The number of carbonyl (C=O) groups is 1. The minimum atomic E-state index is -0.314. The van der Waals surface area contributed by atoms with Crippen LogP contribution in [0.5, 0.6) is 0 Å². The van der Waals surface area contributed by atoms with Crippen LogP contribution < -0.4 is 0 Å². The quantitative estimate of drug-likeness (QED) is 0.842. The highest BCUT2D eigenvalue weighted by molar-refractivity contribution is 5.96. The Kier molecular flexibility index (Phi) is 5.00. The lowest BCUT2D eigenvalue weighted by Gasteiger charge is -2.38. The molecule has 0 aromatic heterocycles. The topological polar surface area (TPSA) is 49.8 Å². The van der Waals surface area contributed by atoms with E-state index in [1.807, 2.05) is 36.9 Å². The van der Waals surface area contributed by atoms with E-state index >= 15 is 0 Å². The number of rotatable bonds is 2. The van der Waals surface area contributed by atoms with Crippen LogP contribution in [0.25, 0.3) is 0 Å². The largest absolute Gasteiger partial charge is 0.395 e. The summed E-state index contributed by atoms with van der Waals surface area (Å²) in [5, 5.41) is 8.79. The minimum absolute atomic E-state index is 0.0136. The molecule has 0 saturated carbocycles. The Morgan fingerprint density at radius 2 is 2.19 bits per heavy atom. The molecule has 0 atom stereocenters. The van der Waals surface area contributed by atoms with Crippen molar-refractivity contribution in [3.8, 4) is 11.8 Å². The Labute approximate surface area is 125 Å². The fraction of sp³-hybridized carbons (Fsp3) is 0.471. The van der Waals surface area contributed by atoms with Gasteiger partial charge in [-0.3, -0.25) is 4.79 Å². The number of morpholine rings is 1. The zero-order valence-corrected chi connectivity index (χ0v) is 12.6. The van der Waals surface area contributed by atoms with E-state index in [-0.39, 0.29) is 18.1 Å². The Bertz CT molecular complexity index is 569. The number of nitrogens with zero attached hydrogens (tertiary/aromatic N) is 1. The molecule has 2 rings (SSSR count). The summed E-state index contributed by atoms with van der Waals surface area (Å²) in [6.45, 7) is 5.72. The second-order valence-electron chi connectivity index (χ2n) is 5.66. The third-order valence-corrected chi connectivity index (χ3v) is 3.33. The molecule has 4 heteroatoms. The van der Waals surface area contributed by atoms with Gasteiger partial charge in [0.1, 0.15) is 0 Å². The van der Waals surface area contributed by atoms with Gasteiger partial charge in [-0.25, -0.2) is 0 Å². The molecule has 1 N–H and O–H groups in total. The molecule has 1 heterocycles. The molecule has 1 aromatic carbocycles. The van der Waals surface area contributed by atoms with E-state index in [1.165, 1.54) is 0 Å². The van der Waals surface area contributed by atoms with Crippen molar-refractivity contribution in [2.45, 2.75) is 25.9 Å². The van der Waals surface area contributed by atoms with Crippen LogP contribution in [-0.2, 0) is 4.74 Å². The van der Waals surface area contributed by atoms with Crippen LogP contribution >= 0.6 is 0 Å². The molecular formula is C17H21NO3. The first-order valence-corrected chi connectivity index (χ1v) is 7.15. The summed E-state index contributed by atoms with van der Waals surface area (Å²) in [6, 6.07) is 7.34. The molecule has 1 aromatic rings. The van der Waals surface area contributed by atoms with Gasteiger partial charge in [-0.05, 0) is 26.0 Å². The Balaban J connectivity index is 2.21. The molecule has 112 valence electrons. The highest BCUT2D eigenvalue weighted by Gasteiger charge is 2.30. The van der Waals surface area contributed by atoms with E-state index in [4.69, 9.17) is 9.84 Å². The molecule has 0 bridgehead atoms. The second kappa shape index (κ2) is 6.75. The van der Waals surface area contributed by atoms with Gasteiger partial charge in [0, 0.05) is 25.1 Å². The van der Waals surface area contributed by atoms with Gasteiger partial charge in [-0.1, -0.05) is 24.0 Å². The van der Waals surface area contributed by atoms with Crippen molar-refractivity contribution in [1.29, 1.82) is 0 Å². The third-order valence-electron chi connectivity index (χ3n) is 3.33. The SMILES string of the molecule is CC1(C)CN(C(=O)c2ccccc2C#CCCO)CCO1. The lowest BCUT2D eigenvalue weighted by atomic mass is 10.0. The number of benzene rings is 1. The molecule has 4 nitrogen and oxygen atoms in total. The van der Waals surface area contributed by atoms with Gasteiger partial charge >= 0.3 is 0 Å². The maximum Gasteiger partial charge on any atom is 0.255 e. The zero-order valence-electron chi connectivity index (χ0n) is 12.6. The van der Waals surface area contributed by atoms with Gasteiger partial charge in [-0.15, -0.1) is 0 Å². The first kappa shape index (κ1) is 15.6. The molecule has 0 spiro atoms. The third kappa shape index (κ3) is 4.07. The van der Waals surface area contributed by atoms with Crippen LogP contribution in [0.2, 0.25) is 0 Å². The van der Waals surface area contributed by atoms with Crippen LogP contribution in [0, 0.1) is 11.8 Å². The number of hydrogen-bond donors (Lipinski definition) is 1. The maximum absolute atomic E-state index is 12.7. The van der Waals surface area contributed by atoms with E-state index in [0.29, 0.717) is 37.2 Å². The van der Waals surface area contributed by atoms with Crippen molar-refractivity contribution in [2.75, 3.05) is 26.3 Å². The molecular weight excluding hydrogens is 266 g/mol. The van der Waals surface area contributed by atoms with E-state index in [0.717, 1.165) is 0 Å². The average Bonchev–Trinajstić information content (AvgIpc) is 2.46. The van der Waals surface area contributed by atoms with Gasteiger partial charge in [0.2, 0.25) is 0 Å². The second-order valence-corrected chi connectivity index (χ2v) is 5.66. The summed E-state index contributed by atoms with van der Waals surface area (Å²) >= 11 is 0. The standard InChI is InChI=1S/C17H21NO3/c1-17(2)13-18(10-12-21-17)16(20)15-9-4-3-7-14(15)8-5-6-11-19/h3-4,7,9,19H,6,10-13H2,1-2H3. The smallest absolute Gasteiger partial charge is 0.255 e. The van der Waals surface area contributed by atoms with Crippen molar-refractivity contribution < 1.29 is 14.6 Å². The highest BCUT2D eigenvalue weighted by Crippen LogP contribution is 2.19. The predicted octanol–water partition coefficient (Wildman–Crippen LogP) is 1.67. The van der Waals surface area contributed by atoms with E-state index < -0.39 is 0 Å². The monoisotopic (exact) mass is 287 g/mol. The van der Waals surface area contributed by atoms with Gasteiger partial charge in [0.25, 0.3) is 5.91 Å². The lowest BCUT2D eigenvalue weighted by molar-refractivity contribution is -0.0764. The fourth-order valence-corrected chi connectivity index (χ4v) is 2.35. The Morgan fingerprint density at radius 1 is 1.43 bits per heavy atom. The fourth-order valence-electron chi connectivity index (χ4n) is 2.35. The molecule has 1 amide bonds. The number of aliphatic hydroxyl groups excluding tert-OH is 1. The van der Waals surface area contributed by atoms with Gasteiger partial charge < -0.3 is 14.7 Å². The van der Waals surface area contributed by atoms with Crippen molar-refractivity contribution in [3.05, 3.63) is 35.4 Å². The van der Waals surface area contributed by atoms with Crippen LogP contribution in [-0.4, -0.2) is 47.8 Å². The Morgan fingerprint density at radius 3 is 2.90 bits per heavy atom. The van der Waals surface area contributed by atoms with Crippen LogP contribution in [0.4, 0.5) is 0 Å². The molecule has 21 heavy (non-hydrogen) atoms. The molecule has 1 saturated heterocycles. The maximum atomic E-state index is 12.7. The molecule has 0 aliphatic carbocycles. The van der Waals surface area contributed by atoms with Gasteiger partial charge in [0.15, 0.2) is 0 Å². The Hall–Kier alpha value is -1.83. The summed E-state index contributed by atoms with van der Waals surface area (Å²) in [5.74, 6) is 5.82. The molecule has 0 radical (unpaired) electrons. The normalized spacial score (nSPS) is 17.0. The van der Waals surface area contributed by atoms with Crippen LogP contribution in [0.3, 0.4) is 0 Å². The van der Waals surface area contributed by atoms with E-state index in [2.05, 4.69) is 11.8 Å².